The van der Waals surface area contributed by atoms with E-state index >= 15 is 0 Å². The number of nitrogens with one attached hydrogen (secondary N) is 1. The first kappa shape index (κ1) is 17.2. The Morgan fingerprint density at radius 1 is 1.06 bits per heavy atom. The first-order chi connectivity index (χ1) is 8.31. The third-order valence-corrected chi connectivity index (χ3v) is 2.94. The number of rotatable bonds is 13. The zero-order valence-electron chi connectivity index (χ0n) is 11.4. The van der Waals surface area contributed by atoms with Gasteiger partial charge in [0, 0.05) is 19.7 Å². The fraction of sp³-hybridized carbons (Fsp3) is 1.00. The summed E-state index contributed by atoms with van der Waals surface area (Å²) in [5, 5.41) is 3.43. The fourth-order valence-corrected chi connectivity index (χ4v) is 1.83. The van der Waals surface area contributed by atoms with Crippen LogP contribution >= 0.6 is 11.8 Å². The number of hydrogen-bond acceptors (Lipinski definition) is 5. The first-order valence-corrected chi connectivity index (χ1v) is 7.57. The summed E-state index contributed by atoms with van der Waals surface area (Å²) in [6.07, 6.45) is 3.35. The van der Waals surface area contributed by atoms with Gasteiger partial charge >= 0.3 is 0 Å². The molecule has 1 atom stereocenters. The number of ether oxygens (including phenoxy) is 3. The zero-order chi connectivity index (χ0) is 12.8. The van der Waals surface area contributed by atoms with Crippen LogP contribution in [0.25, 0.3) is 0 Å². The molecule has 5 heteroatoms. The van der Waals surface area contributed by atoms with Crippen molar-refractivity contribution in [3.8, 4) is 0 Å². The topological polar surface area (TPSA) is 39.7 Å². The van der Waals surface area contributed by atoms with Crippen LogP contribution in [0.15, 0.2) is 0 Å². The number of thioether (sulfide) groups is 1. The van der Waals surface area contributed by atoms with E-state index in [9.17, 15) is 0 Å². The molecular formula is C12H27NO3S. The Morgan fingerprint density at radius 3 is 2.35 bits per heavy atom. The highest BCUT2D eigenvalue weighted by atomic mass is 32.2. The van der Waals surface area contributed by atoms with Crippen molar-refractivity contribution in [3.63, 3.8) is 0 Å². The lowest BCUT2D eigenvalue weighted by Crippen LogP contribution is -2.30. The normalized spacial score (nSPS) is 12.9. The van der Waals surface area contributed by atoms with Gasteiger partial charge in [-0.25, -0.2) is 0 Å². The van der Waals surface area contributed by atoms with Crippen LogP contribution in [-0.4, -0.2) is 64.7 Å². The van der Waals surface area contributed by atoms with Crippen LogP contribution in [-0.2, 0) is 14.2 Å². The Labute approximate surface area is 110 Å². The maximum absolute atomic E-state index is 5.44. The van der Waals surface area contributed by atoms with E-state index in [0.717, 1.165) is 13.2 Å². The summed E-state index contributed by atoms with van der Waals surface area (Å²) in [6.45, 7) is 6.46. The van der Waals surface area contributed by atoms with E-state index in [2.05, 4.69) is 18.5 Å². The summed E-state index contributed by atoms with van der Waals surface area (Å²) in [5.74, 6) is 1.21. The van der Waals surface area contributed by atoms with Crippen LogP contribution in [0.5, 0.6) is 0 Å². The minimum Gasteiger partial charge on any atom is -0.382 e. The van der Waals surface area contributed by atoms with Crippen LogP contribution in [0.3, 0.4) is 0 Å². The second-order valence-corrected chi connectivity index (χ2v) is 4.84. The van der Waals surface area contributed by atoms with Crippen LogP contribution in [0.4, 0.5) is 0 Å². The average Bonchev–Trinajstić information content (AvgIpc) is 2.34. The highest BCUT2D eigenvalue weighted by Crippen LogP contribution is 1.99. The smallest absolute Gasteiger partial charge is 0.0701 e. The van der Waals surface area contributed by atoms with Crippen LogP contribution < -0.4 is 5.32 Å². The molecule has 0 rings (SSSR count). The molecule has 0 saturated heterocycles. The van der Waals surface area contributed by atoms with Gasteiger partial charge < -0.3 is 19.5 Å². The lowest BCUT2D eigenvalue weighted by molar-refractivity contribution is 0.0253. The zero-order valence-corrected chi connectivity index (χ0v) is 12.2. The molecule has 0 aliphatic heterocycles. The Hall–Kier alpha value is 0.190. The minimum absolute atomic E-state index is 0.573. The lowest BCUT2D eigenvalue weighted by atomic mass is 10.2. The lowest BCUT2D eigenvalue weighted by Gasteiger charge is -2.13. The molecule has 0 fully saturated rings. The van der Waals surface area contributed by atoms with Crippen LogP contribution in [0, 0.1) is 0 Å². The van der Waals surface area contributed by atoms with Gasteiger partial charge in [-0.3, -0.25) is 0 Å². The molecule has 0 aromatic rings. The van der Waals surface area contributed by atoms with Gasteiger partial charge in [-0.1, -0.05) is 0 Å². The quantitative estimate of drug-likeness (QED) is 0.510. The monoisotopic (exact) mass is 265 g/mol. The molecule has 0 aromatic carbocycles. The van der Waals surface area contributed by atoms with E-state index in [0.29, 0.717) is 32.5 Å². The molecule has 0 aliphatic carbocycles. The Morgan fingerprint density at radius 2 is 1.71 bits per heavy atom. The van der Waals surface area contributed by atoms with Gasteiger partial charge in [-0.15, -0.1) is 0 Å². The van der Waals surface area contributed by atoms with Crippen molar-refractivity contribution in [2.24, 2.45) is 0 Å². The van der Waals surface area contributed by atoms with Gasteiger partial charge in [0.2, 0.25) is 0 Å². The van der Waals surface area contributed by atoms with Crippen LogP contribution in [0.1, 0.15) is 13.3 Å². The molecule has 4 nitrogen and oxygen atoms in total. The third kappa shape index (κ3) is 14.1. The molecule has 104 valence electrons. The molecule has 0 amide bonds. The van der Waals surface area contributed by atoms with Crippen molar-refractivity contribution in [1.29, 1.82) is 0 Å². The summed E-state index contributed by atoms with van der Waals surface area (Å²) >= 11 is 1.89. The van der Waals surface area contributed by atoms with Gasteiger partial charge in [0.1, 0.15) is 0 Å². The van der Waals surface area contributed by atoms with Crippen molar-refractivity contribution in [2.45, 2.75) is 19.4 Å². The van der Waals surface area contributed by atoms with E-state index in [1.165, 1.54) is 12.2 Å². The molecule has 1 N–H and O–H groups in total. The van der Waals surface area contributed by atoms with Crippen molar-refractivity contribution < 1.29 is 14.2 Å². The maximum Gasteiger partial charge on any atom is 0.0701 e. The van der Waals surface area contributed by atoms with Crippen LogP contribution in [0.2, 0.25) is 0 Å². The van der Waals surface area contributed by atoms with E-state index in [-0.39, 0.29) is 0 Å². The Bertz CT molecular complexity index is 150. The van der Waals surface area contributed by atoms with E-state index < -0.39 is 0 Å². The second-order valence-electron chi connectivity index (χ2n) is 3.85. The predicted molar refractivity (Wildman–Crippen MR) is 74.0 cm³/mol. The van der Waals surface area contributed by atoms with E-state index in [1.54, 1.807) is 7.11 Å². The van der Waals surface area contributed by atoms with E-state index in [4.69, 9.17) is 14.2 Å². The standard InChI is InChI=1S/C12H27NO3S/c1-12(4-11-17-3)13-5-6-15-9-10-16-8-7-14-2/h12-13H,4-11H2,1-3H3. The fourth-order valence-electron chi connectivity index (χ4n) is 1.24. The maximum atomic E-state index is 5.44. The second kappa shape index (κ2) is 14.3. The van der Waals surface area contributed by atoms with Gasteiger partial charge in [-0.05, 0) is 25.4 Å². The average molecular weight is 265 g/mol. The molecule has 0 saturated carbocycles. The molecule has 1 unspecified atom stereocenters. The first-order valence-electron chi connectivity index (χ1n) is 6.18. The van der Waals surface area contributed by atoms with Gasteiger partial charge in [0.25, 0.3) is 0 Å². The molecular weight excluding hydrogens is 238 g/mol. The third-order valence-electron chi connectivity index (χ3n) is 2.30. The Balaban J connectivity index is 3.02. The summed E-state index contributed by atoms with van der Waals surface area (Å²) in [6, 6.07) is 0.573. The summed E-state index contributed by atoms with van der Waals surface area (Å²) in [4.78, 5) is 0. The molecule has 0 bridgehead atoms. The molecule has 0 radical (unpaired) electrons. The number of methoxy groups -OCH3 is 1. The molecule has 0 aliphatic rings. The molecule has 17 heavy (non-hydrogen) atoms. The minimum atomic E-state index is 0.573. The highest BCUT2D eigenvalue weighted by molar-refractivity contribution is 7.98. The molecule has 0 spiro atoms. The largest absolute Gasteiger partial charge is 0.382 e. The molecule has 0 heterocycles. The summed E-state index contributed by atoms with van der Waals surface area (Å²) < 4.78 is 15.6. The van der Waals surface area contributed by atoms with Crippen molar-refractivity contribution in [3.05, 3.63) is 0 Å². The van der Waals surface area contributed by atoms with Gasteiger partial charge in [-0.2, -0.15) is 11.8 Å². The van der Waals surface area contributed by atoms with Gasteiger partial charge in [0.05, 0.1) is 33.0 Å². The van der Waals surface area contributed by atoms with Gasteiger partial charge in [0.15, 0.2) is 0 Å². The number of hydrogen-bond donors (Lipinski definition) is 1. The van der Waals surface area contributed by atoms with Crippen molar-refractivity contribution in [2.75, 3.05) is 58.7 Å². The Kier molecular flexibility index (Phi) is 14.4. The van der Waals surface area contributed by atoms with Crippen molar-refractivity contribution in [1.82, 2.24) is 5.32 Å². The van der Waals surface area contributed by atoms with E-state index in [1.807, 2.05) is 11.8 Å². The molecule has 0 aromatic heterocycles. The van der Waals surface area contributed by atoms with Crippen molar-refractivity contribution >= 4 is 11.8 Å². The predicted octanol–water partition coefficient (Wildman–Crippen LogP) is 1.40. The summed E-state index contributed by atoms with van der Waals surface area (Å²) in [7, 11) is 1.67. The SMILES string of the molecule is COCCOCCOCCNC(C)CCSC. The summed E-state index contributed by atoms with van der Waals surface area (Å²) in [5.41, 5.74) is 0. The highest BCUT2D eigenvalue weighted by Gasteiger charge is 1.99.